The number of benzene rings is 3. The van der Waals surface area contributed by atoms with Gasteiger partial charge in [0.25, 0.3) is 5.69 Å². The van der Waals surface area contributed by atoms with Crippen molar-refractivity contribution < 1.29 is 9.72 Å². The lowest BCUT2D eigenvalue weighted by Gasteiger charge is -2.08. The van der Waals surface area contributed by atoms with Crippen molar-refractivity contribution >= 4 is 39.8 Å². The summed E-state index contributed by atoms with van der Waals surface area (Å²) in [5, 5.41) is 15.9. The van der Waals surface area contributed by atoms with Crippen LogP contribution in [0.25, 0.3) is 10.8 Å². The van der Waals surface area contributed by atoms with Crippen LogP contribution >= 0.6 is 11.8 Å². The zero-order chi connectivity index (χ0) is 17.8. The smallest absolute Gasteiger partial charge is 0.269 e. The Kier molecular flexibility index (Phi) is 5.00. The molecule has 1 amide bonds. The molecule has 0 saturated heterocycles. The van der Waals surface area contributed by atoms with Crippen molar-refractivity contribution in [3.05, 3.63) is 76.3 Å². The number of anilines is 1. The van der Waals surface area contributed by atoms with Crippen LogP contribution in [-0.4, -0.2) is 16.6 Å². The van der Waals surface area contributed by atoms with E-state index in [-0.39, 0.29) is 17.3 Å². The van der Waals surface area contributed by atoms with Crippen LogP contribution in [0.4, 0.5) is 11.4 Å². The normalized spacial score (nSPS) is 10.6. The Bertz CT molecular complexity index is 956. The molecule has 0 aliphatic carbocycles. The highest BCUT2D eigenvalue weighted by atomic mass is 32.2. The number of fused-ring (bicyclic) bond motifs is 1. The molecular formula is C19H16N2O3S. The molecule has 0 aromatic heterocycles. The molecule has 0 heterocycles. The van der Waals surface area contributed by atoms with Crippen LogP contribution in [0.15, 0.2) is 65.6 Å². The maximum Gasteiger partial charge on any atom is 0.269 e. The van der Waals surface area contributed by atoms with E-state index in [1.54, 1.807) is 13.0 Å². The minimum atomic E-state index is -0.450. The number of non-ortho nitro benzene ring substituents is 1. The SMILES string of the molecule is Cc1cc([N+](=O)[O-])ccc1NC(=O)CSc1ccc2ccccc2c1. The van der Waals surface area contributed by atoms with Crippen LogP contribution in [0.5, 0.6) is 0 Å². The van der Waals surface area contributed by atoms with E-state index in [9.17, 15) is 14.9 Å². The first-order valence-corrected chi connectivity index (χ1v) is 8.68. The second-order valence-electron chi connectivity index (χ2n) is 5.60. The van der Waals surface area contributed by atoms with Crippen molar-refractivity contribution in [2.24, 2.45) is 0 Å². The van der Waals surface area contributed by atoms with Gasteiger partial charge in [0.1, 0.15) is 0 Å². The van der Waals surface area contributed by atoms with Gasteiger partial charge >= 0.3 is 0 Å². The largest absolute Gasteiger partial charge is 0.325 e. The Hall–Kier alpha value is -2.86. The molecule has 5 nitrogen and oxygen atoms in total. The second-order valence-corrected chi connectivity index (χ2v) is 6.65. The fraction of sp³-hybridized carbons (Fsp3) is 0.105. The molecule has 1 N–H and O–H groups in total. The number of nitro groups is 1. The third kappa shape index (κ3) is 4.16. The van der Waals surface area contributed by atoms with Crippen molar-refractivity contribution in [1.82, 2.24) is 0 Å². The van der Waals surface area contributed by atoms with Crippen molar-refractivity contribution in [2.45, 2.75) is 11.8 Å². The van der Waals surface area contributed by atoms with Gasteiger partial charge in [0.05, 0.1) is 10.7 Å². The van der Waals surface area contributed by atoms with Crippen molar-refractivity contribution in [3.63, 3.8) is 0 Å². The highest BCUT2D eigenvalue weighted by Gasteiger charge is 2.10. The van der Waals surface area contributed by atoms with Crippen LogP contribution in [0.1, 0.15) is 5.56 Å². The highest BCUT2D eigenvalue weighted by Crippen LogP contribution is 2.25. The molecule has 126 valence electrons. The standard InChI is InChI=1S/C19H16N2O3S/c1-13-10-16(21(23)24)7-9-18(13)20-19(22)12-25-17-8-6-14-4-2-3-5-15(14)11-17/h2-11H,12H2,1H3,(H,20,22). The number of amides is 1. The van der Waals surface area contributed by atoms with Gasteiger partial charge in [0.2, 0.25) is 5.91 Å². The van der Waals surface area contributed by atoms with E-state index in [4.69, 9.17) is 0 Å². The number of thioether (sulfide) groups is 1. The molecule has 3 aromatic rings. The number of hydrogen-bond acceptors (Lipinski definition) is 4. The van der Waals surface area contributed by atoms with Gasteiger partial charge in [-0.2, -0.15) is 0 Å². The van der Waals surface area contributed by atoms with Crippen LogP contribution in [0.2, 0.25) is 0 Å². The van der Waals surface area contributed by atoms with Crippen LogP contribution in [-0.2, 0) is 4.79 Å². The first kappa shape index (κ1) is 17.0. The average molecular weight is 352 g/mol. The first-order valence-electron chi connectivity index (χ1n) is 7.69. The zero-order valence-corrected chi connectivity index (χ0v) is 14.4. The lowest BCUT2D eigenvalue weighted by molar-refractivity contribution is -0.384. The monoisotopic (exact) mass is 352 g/mol. The second kappa shape index (κ2) is 7.36. The number of carbonyl (C=O) groups excluding carboxylic acids is 1. The van der Waals surface area contributed by atoms with Crippen molar-refractivity contribution in [1.29, 1.82) is 0 Å². The van der Waals surface area contributed by atoms with Gasteiger partial charge in [-0.05, 0) is 41.5 Å². The molecule has 0 bridgehead atoms. The molecule has 6 heteroatoms. The molecule has 0 aliphatic heterocycles. The Morgan fingerprint density at radius 1 is 1.08 bits per heavy atom. The van der Waals surface area contributed by atoms with E-state index in [1.807, 2.05) is 36.4 Å². The lowest BCUT2D eigenvalue weighted by atomic mass is 10.1. The van der Waals surface area contributed by atoms with E-state index in [2.05, 4.69) is 11.4 Å². The average Bonchev–Trinajstić information content (AvgIpc) is 2.61. The number of nitrogens with zero attached hydrogens (tertiary/aromatic N) is 1. The third-order valence-electron chi connectivity index (χ3n) is 3.79. The Morgan fingerprint density at radius 2 is 1.84 bits per heavy atom. The highest BCUT2D eigenvalue weighted by molar-refractivity contribution is 8.00. The summed E-state index contributed by atoms with van der Waals surface area (Å²) in [7, 11) is 0. The number of nitrogens with one attached hydrogen (secondary N) is 1. The van der Waals surface area contributed by atoms with E-state index in [0.717, 1.165) is 15.7 Å². The predicted octanol–water partition coefficient (Wildman–Crippen LogP) is 4.79. The van der Waals surface area contributed by atoms with E-state index < -0.39 is 4.92 Å². The molecular weight excluding hydrogens is 336 g/mol. The van der Waals surface area contributed by atoms with E-state index in [0.29, 0.717) is 11.3 Å². The molecule has 0 fully saturated rings. The number of hydrogen-bond donors (Lipinski definition) is 1. The molecule has 0 unspecified atom stereocenters. The lowest BCUT2D eigenvalue weighted by Crippen LogP contribution is -2.14. The molecule has 0 radical (unpaired) electrons. The summed E-state index contributed by atoms with van der Waals surface area (Å²) in [6, 6.07) is 18.6. The van der Waals surface area contributed by atoms with Gasteiger partial charge in [-0.3, -0.25) is 14.9 Å². The van der Waals surface area contributed by atoms with Gasteiger partial charge in [0.15, 0.2) is 0 Å². The Balaban J connectivity index is 1.63. The summed E-state index contributed by atoms with van der Waals surface area (Å²) in [5.41, 5.74) is 1.27. The minimum Gasteiger partial charge on any atom is -0.325 e. The summed E-state index contributed by atoms with van der Waals surface area (Å²) in [4.78, 5) is 23.5. The predicted molar refractivity (Wildman–Crippen MR) is 101 cm³/mol. The van der Waals surface area contributed by atoms with Crippen LogP contribution in [0, 0.1) is 17.0 Å². The molecule has 3 rings (SSSR count). The quantitative estimate of drug-likeness (QED) is 0.407. The summed E-state index contributed by atoms with van der Waals surface area (Å²) in [6.45, 7) is 1.74. The Labute approximate surface area is 149 Å². The van der Waals surface area contributed by atoms with Gasteiger partial charge in [-0.15, -0.1) is 11.8 Å². The molecule has 0 saturated carbocycles. The fourth-order valence-electron chi connectivity index (χ4n) is 2.49. The number of carbonyl (C=O) groups is 1. The van der Waals surface area contributed by atoms with Crippen LogP contribution < -0.4 is 5.32 Å². The number of aryl methyl sites for hydroxylation is 1. The van der Waals surface area contributed by atoms with Gasteiger partial charge in [-0.1, -0.05) is 30.3 Å². The maximum atomic E-state index is 12.2. The number of rotatable bonds is 5. The van der Waals surface area contributed by atoms with E-state index >= 15 is 0 Å². The van der Waals surface area contributed by atoms with Crippen molar-refractivity contribution in [3.8, 4) is 0 Å². The van der Waals surface area contributed by atoms with Gasteiger partial charge in [-0.25, -0.2) is 0 Å². The number of nitro benzene ring substituents is 1. The summed E-state index contributed by atoms with van der Waals surface area (Å²) < 4.78 is 0. The summed E-state index contributed by atoms with van der Waals surface area (Å²) in [6.07, 6.45) is 0. The summed E-state index contributed by atoms with van der Waals surface area (Å²) >= 11 is 1.46. The van der Waals surface area contributed by atoms with E-state index in [1.165, 1.54) is 23.9 Å². The first-order chi connectivity index (χ1) is 12.0. The summed E-state index contributed by atoms with van der Waals surface area (Å²) in [5.74, 6) is 0.129. The molecule has 0 spiro atoms. The Morgan fingerprint density at radius 3 is 2.56 bits per heavy atom. The maximum absolute atomic E-state index is 12.2. The zero-order valence-electron chi connectivity index (χ0n) is 13.6. The molecule has 0 aliphatic rings. The molecule has 25 heavy (non-hydrogen) atoms. The van der Waals surface area contributed by atoms with Crippen LogP contribution in [0.3, 0.4) is 0 Å². The molecule has 3 aromatic carbocycles. The molecule has 0 atom stereocenters. The minimum absolute atomic E-state index is 0.0148. The fourth-order valence-corrected chi connectivity index (χ4v) is 3.24. The topological polar surface area (TPSA) is 72.2 Å². The third-order valence-corrected chi connectivity index (χ3v) is 4.78. The van der Waals surface area contributed by atoms with Gasteiger partial charge < -0.3 is 5.32 Å². The van der Waals surface area contributed by atoms with Crippen molar-refractivity contribution in [2.75, 3.05) is 11.1 Å². The van der Waals surface area contributed by atoms with Gasteiger partial charge in [0, 0.05) is 22.7 Å².